The number of non-ortho nitro benzene ring substituents is 1. The summed E-state index contributed by atoms with van der Waals surface area (Å²) < 4.78 is 40.6. The minimum Gasteiger partial charge on any atom is -0.486 e. The van der Waals surface area contributed by atoms with Gasteiger partial charge in [-0.3, -0.25) is 10.1 Å². The van der Waals surface area contributed by atoms with E-state index >= 15 is 0 Å². The Labute approximate surface area is 318 Å². The molecule has 0 aromatic heterocycles. The van der Waals surface area contributed by atoms with Crippen LogP contribution in [0.4, 0.5) is 29.3 Å². The van der Waals surface area contributed by atoms with Crippen LogP contribution in [-0.4, -0.2) is 143 Å². The van der Waals surface area contributed by atoms with E-state index in [0.717, 1.165) is 18.2 Å². The average Bonchev–Trinajstić information content (AvgIpc) is 2.93. The van der Waals surface area contributed by atoms with Gasteiger partial charge in [0.25, 0.3) is 5.69 Å². The lowest BCUT2D eigenvalue weighted by Crippen LogP contribution is -2.46. The Morgan fingerprint density at radius 2 is 0.926 bits per heavy atom. The van der Waals surface area contributed by atoms with E-state index in [4.69, 9.17) is 23.7 Å². The van der Waals surface area contributed by atoms with Gasteiger partial charge in [-0.1, -0.05) is 0 Å². The van der Waals surface area contributed by atoms with E-state index in [9.17, 15) is 38.8 Å². The molecule has 310 valence electrons. The molecule has 0 heterocycles. The van der Waals surface area contributed by atoms with Crippen molar-refractivity contribution in [1.82, 2.24) is 19.6 Å². The predicted octanol–water partition coefficient (Wildman–Crippen LogP) is 6.30. The summed E-state index contributed by atoms with van der Waals surface area (Å²) in [6.07, 6.45) is -4.06. The molecule has 0 fully saturated rings. The molecule has 0 radical (unpaired) electrons. The molecule has 0 saturated carbocycles. The van der Waals surface area contributed by atoms with Gasteiger partial charge in [0.15, 0.2) is 0 Å². The molecule has 1 aromatic carbocycles. The average molecular weight is 776 g/mol. The van der Waals surface area contributed by atoms with Crippen molar-refractivity contribution >= 4 is 30.1 Å². The van der Waals surface area contributed by atoms with Crippen LogP contribution >= 0.6 is 0 Å². The highest BCUT2D eigenvalue weighted by Crippen LogP contribution is 2.24. The Hall–Kier alpha value is -4.61. The first-order valence-corrected chi connectivity index (χ1v) is 17.2. The van der Waals surface area contributed by atoms with Crippen molar-refractivity contribution in [2.45, 2.75) is 118 Å². The Kier molecular flexibility index (Phi) is 18.5. The second-order valence-electron chi connectivity index (χ2n) is 16.7. The number of carbonyl (C=O) groups excluding carboxylic acids is 4. The van der Waals surface area contributed by atoms with Crippen molar-refractivity contribution in [3.8, 4) is 5.75 Å². The second kappa shape index (κ2) is 20.2. The van der Waals surface area contributed by atoms with Crippen LogP contribution < -0.4 is 4.74 Å². The lowest BCUT2D eigenvalue weighted by molar-refractivity contribution is -0.385. The van der Waals surface area contributed by atoms with Crippen LogP contribution in [0.25, 0.3) is 0 Å². The van der Waals surface area contributed by atoms with Gasteiger partial charge < -0.3 is 48.4 Å². The normalized spacial score (nSPS) is 11.9. The van der Waals surface area contributed by atoms with E-state index in [0.29, 0.717) is 0 Å². The van der Waals surface area contributed by atoms with E-state index in [1.54, 1.807) is 83.1 Å². The first kappa shape index (κ1) is 49.4. The number of aliphatic hydroxyl groups excluding tert-OH is 1. The van der Waals surface area contributed by atoms with Crippen LogP contribution in [-0.2, 0) is 18.9 Å². The monoisotopic (exact) mass is 775 g/mol. The number of halogens is 1. The van der Waals surface area contributed by atoms with Gasteiger partial charge in [-0.2, -0.15) is 0 Å². The van der Waals surface area contributed by atoms with Gasteiger partial charge in [0.1, 0.15) is 40.1 Å². The fourth-order valence-corrected chi connectivity index (χ4v) is 4.00. The molecule has 0 aliphatic heterocycles. The highest BCUT2D eigenvalue weighted by molar-refractivity contribution is 5.69. The molecule has 18 heteroatoms. The number of amides is 4. The first-order valence-electron chi connectivity index (χ1n) is 17.2. The molecule has 0 bridgehead atoms. The molecule has 1 N–H and O–H groups in total. The summed E-state index contributed by atoms with van der Waals surface area (Å²) in [5.41, 5.74) is -3.12. The Bertz CT molecular complexity index is 1340. The molecule has 4 amide bonds. The second-order valence-corrected chi connectivity index (χ2v) is 16.7. The number of carbonyl (C=O) groups is 4. The van der Waals surface area contributed by atoms with Crippen LogP contribution in [0.3, 0.4) is 0 Å². The largest absolute Gasteiger partial charge is 0.486 e. The van der Waals surface area contributed by atoms with Crippen molar-refractivity contribution < 1.29 is 57.3 Å². The molecule has 17 nitrogen and oxygen atoms in total. The summed E-state index contributed by atoms with van der Waals surface area (Å²) in [6.45, 7) is 20.9. The van der Waals surface area contributed by atoms with E-state index < -0.39 is 75.4 Å². The fourth-order valence-electron chi connectivity index (χ4n) is 4.00. The Morgan fingerprint density at radius 3 is 1.20 bits per heavy atom. The number of rotatable bonds is 11. The number of hydrogen-bond donors (Lipinski definition) is 1. The number of hydrogen-bond acceptors (Lipinski definition) is 12. The van der Waals surface area contributed by atoms with Gasteiger partial charge in [-0.15, -0.1) is 0 Å². The third-order valence-electron chi connectivity index (χ3n) is 6.11. The minimum absolute atomic E-state index is 0.0492. The van der Waals surface area contributed by atoms with E-state index in [-0.39, 0.29) is 31.9 Å². The van der Waals surface area contributed by atoms with Crippen LogP contribution in [0.5, 0.6) is 5.75 Å². The minimum atomic E-state index is -0.893. The summed E-state index contributed by atoms with van der Waals surface area (Å²) in [5.74, 6) is -0.967. The zero-order valence-electron chi connectivity index (χ0n) is 34.8. The fraction of sp³-hybridized carbons (Fsp3) is 0.722. The number of likely N-dealkylation sites (N-methyl/N-ethyl adjacent to an activating group) is 4. The Morgan fingerprint density at radius 1 is 0.630 bits per heavy atom. The number of nitro groups is 1. The zero-order valence-corrected chi connectivity index (χ0v) is 34.8. The summed E-state index contributed by atoms with van der Waals surface area (Å²) in [5, 5.41) is 21.0. The molecule has 1 rings (SSSR count). The van der Waals surface area contributed by atoms with E-state index in [1.165, 1.54) is 47.8 Å². The quantitative estimate of drug-likeness (QED) is 0.150. The van der Waals surface area contributed by atoms with Crippen molar-refractivity contribution in [2.75, 3.05) is 54.4 Å². The number of ether oxygens (including phenoxy) is 5. The van der Waals surface area contributed by atoms with Crippen LogP contribution in [0.15, 0.2) is 18.2 Å². The highest BCUT2D eigenvalue weighted by atomic mass is 19.1. The molecular weight excluding hydrogens is 713 g/mol. The van der Waals surface area contributed by atoms with Crippen molar-refractivity contribution in [3.63, 3.8) is 0 Å². The van der Waals surface area contributed by atoms with Gasteiger partial charge >= 0.3 is 24.4 Å². The maximum atomic E-state index is 13.8. The van der Waals surface area contributed by atoms with Gasteiger partial charge in [-0.05, 0) is 83.1 Å². The van der Waals surface area contributed by atoms with Gasteiger partial charge in [0.2, 0.25) is 0 Å². The number of aliphatic hydroxyl groups is 1. The molecule has 0 unspecified atom stereocenters. The van der Waals surface area contributed by atoms with E-state index in [2.05, 4.69) is 0 Å². The maximum Gasteiger partial charge on any atom is 0.410 e. The number of nitrogens with zero attached hydrogens (tertiary/aromatic N) is 5. The smallest absolute Gasteiger partial charge is 0.410 e. The number of benzene rings is 1. The summed E-state index contributed by atoms with van der Waals surface area (Å²) in [7, 11) is 6.02. The summed E-state index contributed by atoms with van der Waals surface area (Å²) in [6, 6.07) is 2.82. The SMILES string of the molecule is CN(CC(CN(C)C(=O)OC(C)(C)C)Oc1cc(F)cc([N+](=O)[O-])c1)C(=O)OC(C)(C)C.CN(CC(O)CN(C)C(=O)OC(C)(C)C)C(=O)OC(C)(C)C. The molecule has 0 aliphatic carbocycles. The van der Waals surface area contributed by atoms with Gasteiger partial charge in [0, 0.05) is 34.3 Å². The van der Waals surface area contributed by atoms with E-state index in [1.807, 2.05) is 0 Å². The molecule has 0 spiro atoms. The Balaban J connectivity index is 0.00000112. The van der Waals surface area contributed by atoms with Gasteiger partial charge in [0.05, 0.1) is 49.3 Å². The molecule has 0 atom stereocenters. The third kappa shape index (κ3) is 22.5. The molecule has 54 heavy (non-hydrogen) atoms. The predicted molar refractivity (Wildman–Crippen MR) is 199 cm³/mol. The maximum absolute atomic E-state index is 13.8. The van der Waals surface area contributed by atoms with Crippen molar-refractivity contribution in [1.29, 1.82) is 0 Å². The zero-order chi connectivity index (χ0) is 42.6. The van der Waals surface area contributed by atoms with Gasteiger partial charge in [-0.25, -0.2) is 23.6 Å². The lowest BCUT2D eigenvalue weighted by Gasteiger charge is -2.31. The number of nitro benzene ring substituents is 1. The topological polar surface area (TPSA) is 191 Å². The highest BCUT2D eigenvalue weighted by Gasteiger charge is 2.28. The first-order chi connectivity index (χ1) is 24.2. The molecule has 0 aliphatic rings. The summed E-state index contributed by atoms with van der Waals surface area (Å²) in [4.78, 5) is 63.6. The molecular formula is C36H62FN5O12. The standard InChI is InChI=1S/C21H32FN3O7.C15H30N2O5/c1-20(2,3)31-18(26)23(7)12-17(13-24(8)19(27)32-21(4,5)6)30-16-10-14(22)9-15(11-16)25(28)29;1-14(2,3)21-12(19)16(7)9-11(18)10-17(8)13(20)22-15(4,5)6/h9-11,17H,12-13H2,1-8H3;11,18H,9-10H2,1-8H3. The van der Waals surface area contributed by atoms with Crippen LogP contribution in [0, 0.1) is 15.9 Å². The van der Waals surface area contributed by atoms with Crippen molar-refractivity contribution in [3.05, 3.63) is 34.1 Å². The van der Waals surface area contributed by atoms with Crippen molar-refractivity contribution in [2.24, 2.45) is 0 Å². The van der Waals surface area contributed by atoms with Crippen LogP contribution in [0.1, 0.15) is 83.1 Å². The molecule has 1 aromatic rings. The van der Waals surface area contributed by atoms with Crippen LogP contribution in [0.2, 0.25) is 0 Å². The third-order valence-corrected chi connectivity index (χ3v) is 6.11. The molecule has 0 saturated heterocycles. The lowest BCUT2D eigenvalue weighted by atomic mass is 10.2. The summed E-state index contributed by atoms with van der Waals surface area (Å²) >= 11 is 0.